The first kappa shape index (κ1) is 14.5. The summed E-state index contributed by atoms with van der Waals surface area (Å²) in [5.41, 5.74) is 2.33. The van der Waals surface area contributed by atoms with E-state index in [0.29, 0.717) is 5.82 Å². The molecule has 2 heterocycles. The number of aryl methyl sites for hydroxylation is 2. The number of nitrogens with one attached hydrogen (secondary N) is 1. The van der Waals surface area contributed by atoms with Crippen molar-refractivity contribution in [3.05, 3.63) is 52.2 Å². The summed E-state index contributed by atoms with van der Waals surface area (Å²) in [5.74, 6) is 0.587. The van der Waals surface area contributed by atoms with Crippen molar-refractivity contribution < 1.29 is 8.42 Å². The molecule has 114 valence electrons. The molecule has 2 aromatic heterocycles. The van der Waals surface area contributed by atoms with E-state index in [9.17, 15) is 13.2 Å². The van der Waals surface area contributed by atoms with E-state index in [2.05, 4.69) is 9.97 Å². The lowest BCUT2D eigenvalue weighted by Crippen LogP contribution is -2.04. The molecule has 3 rings (SSSR count). The number of benzene rings is 1. The number of sulfone groups is 1. The van der Waals surface area contributed by atoms with Gasteiger partial charge in [-0.25, -0.2) is 13.4 Å². The molecule has 22 heavy (non-hydrogen) atoms. The molecule has 0 bridgehead atoms. The van der Waals surface area contributed by atoms with Crippen LogP contribution in [0.3, 0.4) is 0 Å². The van der Waals surface area contributed by atoms with Crippen molar-refractivity contribution in [1.82, 2.24) is 14.5 Å². The van der Waals surface area contributed by atoms with Gasteiger partial charge in [-0.1, -0.05) is 0 Å². The number of hydrogen-bond acceptors (Lipinski definition) is 4. The predicted octanol–water partition coefficient (Wildman–Crippen LogP) is 1.73. The molecule has 1 aromatic carbocycles. The molecule has 0 aliphatic rings. The smallest absolute Gasteiger partial charge is 0.248 e. The summed E-state index contributed by atoms with van der Waals surface area (Å²) in [6.07, 6.45) is 2.65. The zero-order chi connectivity index (χ0) is 16.1. The normalized spacial score (nSPS) is 12.0. The van der Waals surface area contributed by atoms with Gasteiger partial charge in [0.05, 0.1) is 5.52 Å². The molecule has 0 saturated heterocycles. The molecular weight excluding hydrogens is 302 g/mol. The lowest BCUT2D eigenvalue weighted by atomic mass is 10.1. The molecule has 0 unspecified atom stereocenters. The SMILES string of the molecule is Cc1cc(-n2cc(S(C)(=O)=O)nc2C)cc2ccc(=O)[nH]c12. The molecule has 3 aromatic rings. The number of aromatic nitrogens is 3. The Labute approximate surface area is 127 Å². The highest BCUT2D eigenvalue weighted by atomic mass is 32.2. The summed E-state index contributed by atoms with van der Waals surface area (Å²) in [4.78, 5) is 18.3. The maximum absolute atomic E-state index is 11.6. The Morgan fingerprint density at radius 3 is 2.55 bits per heavy atom. The number of imidazole rings is 1. The molecule has 0 amide bonds. The van der Waals surface area contributed by atoms with Crippen LogP contribution in [0, 0.1) is 13.8 Å². The van der Waals surface area contributed by atoms with E-state index in [1.807, 2.05) is 19.1 Å². The van der Waals surface area contributed by atoms with Crippen molar-refractivity contribution >= 4 is 20.7 Å². The minimum atomic E-state index is -3.35. The second-order valence-corrected chi connectivity index (χ2v) is 7.28. The third-order valence-electron chi connectivity index (χ3n) is 3.53. The van der Waals surface area contributed by atoms with Crippen LogP contribution >= 0.6 is 0 Å². The van der Waals surface area contributed by atoms with Crippen molar-refractivity contribution in [1.29, 1.82) is 0 Å². The number of rotatable bonds is 2. The van der Waals surface area contributed by atoms with Gasteiger partial charge in [0.15, 0.2) is 14.9 Å². The molecule has 0 spiro atoms. The summed E-state index contributed by atoms with van der Waals surface area (Å²) in [6, 6.07) is 6.99. The van der Waals surface area contributed by atoms with Gasteiger partial charge >= 0.3 is 0 Å². The third-order valence-corrected chi connectivity index (χ3v) is 4.49. The maximum atomic E-state index is 11.6. The molecule has 7 heteroatoms. The van der Waals surface area contributed by atoms with Gasteiger partial charge in [0.2, 0.25) is 5.56 Å². The minimum Gasteiger partial charge on any atom is -0.322 e. The summed E-state index contributed by atoms with van der Waals surface area (Å²) in [6.45, 7) is 3.65. The average molecular weight is 317 g/mol. The zero-order valence-electron chi connectivity index (χ0n) is 12.4. The molecule has 6 nitrogen and oxygen atoms in total. The number of pyridine rings is 1. The van der Waals surface area contributed by atoms with Gasteiger partial charge in [0.1, 0.15) is 5.82 Å². The summed E-state index contributed by atoms with van der Waals surface area (Å²) in [7, 11) is -3.35. The molecule has 0 atom stereocenters. The Balaban J connectivity index is 2.25. The maximum Gasteiger partial charge on any atom is 0.248 e. The summed E-state index contributed by atoms with van der Waals surface area (Å²) < 4.78 is 25.0. The number of hydrogen-bond donors (Lipinski definition) is 1. The van der Waals surface area contributed by atoms with Crippen molar-refractivity contribution in [3.63, 3.8) is 0 Å². The van der Waals surface area contributed by atoms with Crippen LogP contribution in [0.2, 0.25) is 0 Å². The van der Waals surface area contributed by atoms with Crippen LogP contribution in [0.5, 0.6) is 0 Å². The first-order valence-electron chi connectivity index (χ1n) is 6.66. The highest BCUT2D eigenvalue weighted by Crippen LogP contribution is 2.22. The second-order valence-electron chi connectivity index (χ2n) is 5.32. The topological polar surface area (TPSA) is 84.8 Å². The Kier molecular flexibility index (Phi) is 3.17. The molecule has 0 fully saturated rings. The Bertz CT molecular complexity index is 1050. The highest BCUT2D eigenvalue weighted by molar-refractivity contribution is 7.90. The number of nitrogens with zero attached hydrogens (tertiary/aromatic N) is 2. The lowest BCUT2D eigenvalue weighted by Gasteiger charge is -2.09. The standard InChI is InChI=1S/C15H15N3O3S/c1-9-6-12(7-11-4-5-13(19)17-15(9)11)18-8-14(16-10(18)2)22(3,20)21/h4-8H,1-3H3,(H,17,19). The van der Waals surface area contributed by atoms with E-state index in [1.165, 1.54) is 12.3 Å². The largest absolute Gasteiger partial charge is 0.322 e. The molecule has 0 saturated carbocycles. The van der Waals surface area contributed by atoms with Crippen LogP contribution in [0.4, 0.5) is 0 Å². The number of aromatic amines is 1. The lowest BCUT2D eigenvalue weighted by molar-refractivity contribution is 0.598. The third kappa shape index (κ3) is 2.43. The van der Waals surface area contributed by atoms with Crippen LogP contribution in [0.1, 0.15) is 11.4 Å². The first-order chi connectivity index (χ1) is 10.3. The average Bonchev–Trinajstić information content (AvgIpc) is 2.81. The van der Waals surface area contributed by atoms with E-state index in [4.69, 9.17) is 0 Å². The molecular formula is C15H15N3O3S. The summed E-state index contributed by atoms with van der Waals surface area (Å²) in [5, 5.41) is 0.924. The van der Waals surface area contributed by atoms with E-state index in [0.717, 1.165) is 28.4 Å². The molecule has 0 aliphatic carbocycles. The Morgan fingerprint density at radius 2 is 1.91 bits per heavy atom. The van der Waals surface area contributed by atoms with Crippen LogP contribution in [0.15, 0.2) is 40.3 Å². The van der Waals surface area contributed by atoms with E-state index in [-0.39, 0.29) is 10.6 Å². The fraction of sp³-hybridized carbons (Fsp3) is 0.200. The Morgan fingerprint density at radius 1 is 1.18 bits per heavy atom. The fourth-order valence-electron chi connectivity index (χ4n) is 2.45. The van der Waals surface area contributed by atoms with Crippen molar-refractivity contribution in [2.45, 2.75) is 18.9 Å². The van der Waals surface area contributed by atoms with Gasteiger partial charge in [0, 0.05) is 29.6 Å². The van der Waals surface area contributed by atoms with Gasteiger partial charge in [-0.15, -0.1) is 0 Å². The van der Waals surface area contributed by atoms with E-state index in [1.54, 1.807) is 17.6 Å². The first-order valence-corrected chi connectivity index (χ1v) is 8.55. The quantitative estimate of drug-likeness (QED) is 0.780. The van der Waals surface area contributed by atoms with E-state index < -0.39 is 9.84 Å². The predicted molar refractivity (Wildman–Crippen MR) is 84.3 cm³/mol. The van der Waals surface area contributed by atoms with Gasteiger partial charge < -0.3 is 9.55 Å². The van der Waals surface area contributed by atoms with Crippen LogP contribution < -0.4 is 5.56 Å². The Hall–Kier alpha value is -2.41. The van der Waals surface area contributed by atoms with Crippen LogP contribution in [0.25, 0.3) is 16.6 Å². The van der Waals surface area contributed by atoms with Crippen molar-refractivity contribution in [3.8, 4) is 5.69 Å². The van der Waals surface area contributed by atoms with Crippen molar-refractivity contribution in [2.24, 2.45) is 0 Å². The van der Waals surface area contributed by atoms with Gasteiger partial charge in [-0.05, 0) is 37.6 Å². The van der Waals surface area contributed by atoms with Crippen LogP contribution in [-0.2, 0) is 9.84 Å². The summed E-state index contributed by atoms with van der Waals surface area (Å²) >= 11 is 0. The van der Waals surface area contributed by atoms with E-state index >= 15 is 0 Å². The zero-order valence-corrected chi connectivity index (χ0v) is 13.2. The van der Waals surface area contributed by atoms with Gasteiger partial charge in [-0.3, -0.25) is 4.79 Å². The minimum absolute atomic E-state index is 0.0456. The number of H-pyrrole nitrogens is 1. The fourth-order valence-corrected chi connectivity index (χ4v) is 3.05. The molecule has 0 radical (unpaired) electrons. The van der Waals surface area contributed by atoms with Crippen LogP contribution in [-0.4, -0.2) is 29.2 Å². The monoisotopic (exact) mass is 317 g/mol. The van der Waals surface area contributed by atoms with Gasteiger partial charge in [0.25, 0.3) is 0 Å². The highest BCUT2D eigenvalue weighted by Gasteiger charge is 2.15. The number of fused-ring (bicyclic) bond motifs is 1. The van der Waals surface area contributed by atoms with Crippen molar-refractivity contribution in [2.75, 3.05) is 6.26 Å². The molecule has 1 N–H and O–H groups in total. The molecule has 0 aliphatic heterocycles. The van der Waals surface area contributed by atoms with Gasteiger partial charge in [-0.2, -0.15) is 0 Å². The second kappa shape index (κ2) is 4.81.